The van der Waals surface area contributed by atoms with Gasteiger partial charge in [0.25, 0.3) is 0 Å². The Kier molecular flexibility index (Phi) is 1.98. The van der Waals surface area contributed by atoms with Crippen LogP contribution >= 0.6 is 0 Å². The van der Waals surface area contributed by atoms with Crippen molar-refractivity contribution in [2.75, 3.05) is 26.7 Å². The predicted molar refractivity (Wildman–Crippen MR) is 46.9 cm³/mol. The fraction of sp³-hybridized carbons (Fsp3) is 0.778. The molecule has 4 heteroatoms. The minimum Gasteiger partial charge on any atom is -0.335 e. The second-order valence-corrected chi connectivity index (χ2v) is 3.97. The Hall–Kier alpha value is -1.06. The van der Waals surface area contributed by atoms with E-state index in [9.17, 15) is 9.59 Å². The summed E-state index contributed by atoms with van der Waals surface area (Å²) >= 11 is 0. The Morgan fingerprint density at radius 2 is 1.92 bits per heavy atom. The van der Waals surface area contributed by atoms with Crippen molar-refractivity contribution < 1.29 is 9.59 Å². The summed E-state index contributed by atoms with van der Waals surface area (Å²) in [5.74, 6) is 0.814. The molecule has 2 amide bonds. The minimum atomic E-state index is 0.0558. The number of nitrogens with zero attached hydrogens (tertiary/aromatic N) is 2. The first-order valence-corrected chi connectivity index (χ1v) is 4.68. The molecule has 0 spiro atoms. The number of hydrogen-bond donors (Lipinski definition) is 0. The van der Waals surface area contributed by atoms with Gasteiger partial charge in [-0.05, 0) is 18.8 Å². The molecule has 1 aliphatic carbocycles. The molecule has 1 saturated heterocycles. The van der Waals surface area contributed by atoms with Gasteiger partial charge in [0.2, 0.25) is 11.8 Å². The number of carbonyl (C=O) groups excluding carboxylic acids is 2. The van der Waals surface area contributed by atoms with E-state index >= 15 is 0 Å². The lowest BCUT2D eigenvalue weighted by Crippen LogP contribution is -2.52. The van der Waals surface area contributed by atoms with Gasteiger partial charge in [-0.2, -0.15) is 0 Å². The highest BCUT2D eigenvalue weighted by molar-refractivity contribution is 5.92. The van der Waals surface area contributed by atoms with Crippen LogP contribution in [0.25, 0.3) is 0 Å². The fourth-order valence-electron chi connectivity index (χ4n) is 1.54. The molecule has 2 fully saturated rings. The van der Waals surface area contributed by atoms with Gasteiger partial charge < -0.3 is 9.80 Å². The van der Waals surface area contributed by atoms with Gasteiger partial charge in [-0.15, -0.1) is 0 Å². The lowest BCUT2D eigenvalue weighted by Gasteiger charge is -2.31. The maximum atomic E-state index is 11.4. The van der Waals surface area contributed by atoms with Crippen molar-refractivity contribution in [3.8, 4) is 0 Å². The molecule has 0 aromatic heterocycles. The molecule has 0 radical (unpaired) electrons. The SMILES string of the molecule is CN1CC(=O)N(CC2CC2)CC1=O. The molecule has 0 atom stereocenters. The van der Waals surface area contributed by atoms with Crippen LogP contribution in [0.15, 0.2) is 0 Å². The van der Waals surface area contributed by atoms with Crippen molar-refractivity contribution in [3.63, 3.8) is 0 Å². The van der Waals surface area contributed by atoms with Gasteiger partial charge in [0.05, 0.1) is 13.1 Å². The molecular formula is C9H14N2O2. The third-order valence-electron chi connectivity index (χ3n) is 2.65. The van der Waals surface area contributed by atoms with E-state index in [1.807, 2.05) is 0 Å². The number of piperazine rings is 1. The summed E-state index contributed by atoms with van der Waals surface area (Å²) in [7, 11) is 1.68. The summed E-state index contributed by atoms with van der Waals surface area (Å²) in [5, 5.41) is 0. The Balaban J connectivity index is 1.94. The quantitative estimate of drug-likeness (QED) is 0.588. The van der Waals surface area contributed by atoms with E-state index in [-0.39, 0.29) is 24.9 Å². The van der Waals surface area contributed by atoms with Gasteiger partial charge in [-0.3, -0.25) is 9.59 Å². The van der Waals surface area contributed by atoms with Crippen LogP contribution in [0.5, 0.6) is 0 Å². The number of rotatable bonds is 2. The van der Waals surface area contributed by atoms with Gasteiger partial charge in [0.15, 0.2) is 0 Å². The van der Waals surface area contributed by atoms with E-state index in [1.54, 1.807) is 11.9 Å². The smallest absolute Gasteiger partial charge is 0.242 e. The minimum absolute atomic E-state index is 0.0558. The lowest BCUT2D eigenvalue weighted by atomic mass is 10.3. The van der Waals surface area contributed by atoms with E-state index in [1.165, 1.54) is 17.7 Å². The monoisotopic (exact) mass is 182 g/mol. The molecule has 0 aromatic carbocycles. The molecular weight excluding hydrogens is 168 g/mol. The van der Waals surface area contributed by atoms with Crippen LogP contribution in [0.4, 0.5) is 0 Å². The second kappa shape index (κ2) is 3.01. The van der Waals surface area contributed by atoms with Crippen LogP contribution in [0.3, 0.4) is 0 Å². The third-order valence-corrected chi connectivity index (χ3v) is 2.65. The van der Waals surface area contributed by atoms with Crippen LogP contribution in [-0.2, 0) is 9.59 Å². The van der Waals surface area contributed by atoms with Gasteiger partial charge in [-0.25, -0.2) is 0 Å². The Morgan fingerprint density at radius 3 is 2.54 bits per heavy atom. The predicted octanol–water partition coefficient (Wildman–Crippen LogP) is -0.303. The second-order valence-electron chi connectivity index (χ2n) is 3.97. The molecule has 0 N–H and O–H groups in total. The van der Waals surface area contributed by atoms with Crippen molar-refractivity contribution in [1.82, 2.24) is 9.80 Å². The molecule has 2 rings (SSSR count). The molecule has 13 heavy (non-hydrogen) atoms. The molecule has 72 valence electrons. The Morgan fingerprint density at radius 1 is 1.23 bits per heavy atom. The van der Waals surface area contributed by atoms with Crippen molar-refractivity contribution in [2.24, 2.45) is 5.92 Å². The standard InChI is InChI=1S/C9H14N2O2/c1-10-5-9(13)11(6-8(10)12)4-7-2-3-7/h7H,2-6H2,1H3. The number of carbonyl (C=O) groups is 2. The lowest BCUT2D eigenvalue weighted by molar-refractivity contribution is -0.148. The normalized spacial score (nSPS) is 24.1. The Bertz CT molecular complexity index is 248. The van der Waals surface area contributed by atoms with Crippen molar-refractivity contribution in [2.45, 2.75) is 12.8 Å². The summed E-state index contributed by atoms with van der Waals surface area (Å²) in [6.07, 6.45) is 2.43. The zero-order chi connectivity index (χ0) is 9.42. The topological polar surface area (TPSA) is 40.6 Å². The van der Waals surface area contributed by atoms with Crippen LogP contribution in [-0.4, -0.2) is 48.3 Å². The van der Waals surface area contributed by atoms with Crippen LogP contribution in [0.1, 0.15) is 12.8 Å². The maximum absolute atomic E-state index is 11.4. The summed E-state index contributed by atoms with van der Waals surface area (Å²) in [5.41, 5.74) is 0. The van der Waals surface area contributed by atoms with E-state index in [4.69, 9.17) is 0 Å². The molecule has 0 aromatic rings. The first kappa shape index (κ1) is 8.53. The highest BCUT2D eigenvalue weighted by atomic mass is 16.2. The van der Waals surface area contributed by atoms with Crippen molar-refractivity contribution in [1.29, 1.82) is 0 Å². The highest BCUT2D eigenvalue weighted by Crippen LogP contribution is 2.30. The summed E-state index contributed by atoms with van der Waals surface area (Å²) in [6.45, 7) is 1.33. The zero-order valence-corrected chi connectivity index (χ0v) is 7.82. The average Bonchev–Trinajstić information content (AvgIpc) is 2.84. The molecule has 0 unspecified atom stereocenters. The molecule has 1 heterocycles. The van der Waals surface area contributed by atoms with E-state index in [2.05, 4.69) is 0 Å². The Labute approximate surface area is 77.5 Å². The largest absolute Gasteiger partial charge is 0.335 e. The van der Waals surface area contributed by atoms with Crippen molar-refractivity contribution >= 4 is 11.8 Å². The van der Waals surface area contributed by atoms with Gasteiger partial charge in [0.1, 0.15) is 0 Å². The van der Waals surface area contributed by atoms with E-state index in [0.29, 0.717) is 5.92 Å². The van der Waals surface area contributed by atoms with Crippen LogP contribution < -0.4 is 0 Å². The highest BCUT2D eigenvalue weighted by Gasteiger charge is 2.32. The molecule has 4 nitrogen and oxygen atoms in total. The number of amides is 2. The van der Waals surface area contributed by atoms with E-state index in [0.717, 1.165) is 6.54 Å². The zero-order valence-electron chi connectivity index (χ0n) is 7.82. The molecule has 1 aliphatic heterocycles. The molecule has 2 aliphatic rings. The van der Waals surface area contributed by atoms with Gasteiger partial charge in [0, 0.05) is 13.6 Å². The molecule has 1 saturated carbocycles. The number of likely N-dealkylation sites (N-methyl/N-ethyl adjacent to an activating group) is 1. The summed E-state index contributed by atoms with van der Waals surface area (Å²) < 4.78 is 0. The van der Waals surface area contributed by atoms with Crippen LogP contribution in [0, 0.1) is 5.92 Å². The fourth-order valence-corrected chi connectivity index (χ4v) is 1.54. The number of hydrogen-bond acceptors (Lipinski definition) is 2. The summed E-state index contributed by atoms with van der Waals surface area (Å²) in [4.78, 5) is 25.9. The average molecular weight is 182 g/mol. The van der Waals surface area contributed by atoms with Crippen molar-refractivity contribution in [3.05, 3.63) is 0 Å². The maximum Gasteiger partial charge on any atom is 0.242 e. The first-order chi connectivity index (χ1) is 6.16. The van der Waals surface area contributed by atoms with Gasteiger partial charge >= 0.3 is 0 Å². The first-order valence-electron chi connectivity index (χ1n) is 4.68. The molecule has 0 bridgehead atoms. The third kappa shape index (κ3) is 1.82. The van der Waals surface area contributed by atoms with Gasteiger partial charge in [-0.1, -0.05) is 0 Å². The summed E-state index contributed by atoms with van der Waals surface area (Å²) in [6, 6.07) is 0. The van der Waals surface area contributed by atoms with E-state index < -0.39 is 0 Å². The van der Waals surface area contributed by atoms with Crippen LogP contribution in [0.2, 0.25) is 0 Å².